The monoisotopic (exact) mass is 501 g/mol. The molecule has 0 amide bonds. The number of anilines is 1. The summed E-state index contributed by atoms with van der Waals surface area (Å²) in [6, 6.07) is 8.76. The summed E-state index contributed by atoms with van der Waals surface area (Å²) >= 11 is 0. The Kier molecular flexibility index (Phi) is 10.4. The summed E-state index contributed by atoms with van der Waals surface area (Å²) in [4.78, 5) is 9.54. The molecule has 1 saturated carbocycles. The number of benzene rings is 1. The van der Waals surface area contributed by atoms with Crippen LogP contribution in [0.4, 0.5) is 5.69 Å². The van der Waals surface area contributed by atoms with E-state index in [4.69, 9.17) is 10.5 Å². The van der Waals surface area contributed by atoms with Gasteiger partial charge in [-0.3, -0.25) is 4.90 Å². The van der Waals surface area contributed by atoms with Crippen LogP contribution in [0.15, 0.2) is 29.3 Å². The number of nitrogens with two attached hydrogens (primary N) is 1. The Morgan fingerprint density at radius 3 is 2.54 bits per heavy atom. The number of aliphatic imine (C=N–C) groups is 1. The number of halogens is 1. The largest absolute Gasteiger partial charge is 0.382 e. The quantitative estimate of drug-likeness (QED) is 0.224. The van der Waals surface area contributed by atoms with Crippen molar-refractivity contribution in [2.75, 3.05) is 57.4 Å². The highest BCUT2D eigenvalue weighted by Crippen LogP contribution is 2.30. The minimum absolute atomic E-state index is 0. The Morgan fingerprint density at radius 1 is 1.18 bits per heavy atom. The van der Waals surface area contributed by atoms with Crippen LogP contribution in [-0.4, -0.2) is 63.3 Å². The fourth-order valence-electron chi connectivity index (χ4n) is 3.43. The van der Waals surface area contributed by atoms with E-state index in [1.165, 1.54) is 43.7 Å². The zero-order chi connectivity index (χ0) is 18.9. The van der Waals surface area contributed by atoms with Crippen LogP contribution >= 0.6 is 24.0 Å². The third kappa shape index (κ3) is 8.13. The molecule has 7 heteroatoms. The van der Waals surface area contributed by atoms with Gasteiger partial charge in [0.25, 0.3) is 0 Å². The highest BCUT2D eigenvalue weighted by molar-refractivity contribution is 14.0. The molecule has 1 heterocycles. The predicted octanol–water partition coefficient (Wildman–Crippen LogP) is 2.67. The van der Waals surface area contributed by atoms with Gasteiger partial charge in [0.15, 0.2) is 5.96 Å². The minimum atomic E-state index is 0. The molecular formula is C21H36IN5O. The van der Waals surface area contributed by atoms with E-state index >= 15 is 0 Å². The second kappa shape index (κ2) is 12.5. The fraction of sp³-hybridized carbons (Fsp3) is 0.667. The van der Waals surface area contributed by atoms with Crippen molar-refractivity contribution < 1.29 is 4.74 Å². The van der Waals surface area contributed by atoms with Crippen molar-refractivity contribution in [3.63, 3.8) is 0 Å². The molecule has 0 unspecified atom stereocenters. The molecule has 0 bridgehead atoms. The molecule has 1 aromatic rings. The standard InChI is InChI=1S/C21H35N5O.HI/c1-2-27-15-3-10-23-21(22)24-16-18-6-8-20(9-7-18)26-13-11-25(12-14-26)17-19-4-5-19;/h6-9,19H,2-5,10-17H2,1H3,(H3,22,23,24);1H. The minimum Gasteiger partial charge on any atom is -0.382 e. The smallest absolute Gasteiger partial charge is 0.188 e. The summed E-state index contributed by atoms with van der Waals surface area (Å²) in [6.45, 7) is 10.9. The zero-order valence-corrected chi connectivity index (χ0v) is 19.4. The van der Waals surface area contributed by atoms with Gasteiger partial charge in [0.1, 0.15) is 0 Å². The van der Waals surface area contributed by atoms with Crippen molar-refractivity contribution in [2.24, 2.45) is 16.6 Å². The number of nitrogens with one attached hydrogen (secondary N) is 1. The van der Waals surface area contributed by atoms with Gasteiger partial charge in [0.05, 0.1) is 6.54 Å². The molecular weight excluding hydrogens is 465 g/mol. The van der Waals surface area contributed by atoms with E-state index in [1.807, 2.05) is 6.92 Å². The third-order valence-corrected chi connectivity index (χ3v) is 5.29. The van der Waals surface area contributed by atoms with Crippen molar-refractivity contribution in [1.29, 1.82) is 0 Å². The molecule has 1 aliphatic carbocycles. The van der Waals surface area contributed by atoms with Crippen LogP contribution in [0.25, 0.3) is 0 Å². The zero-order valence-electron chi connectivity index (χ0n) is 17.1. The second-order valence-corrected chi connectivity index (χ2v) is 7.58. The molecule has 2 fully saturated rings. The van der Waals surface area contributed by atoms with E-state index in [-0.39, 0.29) is 24.0 Å². The van der Waals surface area contributed by atoms with Gasteiger partial charge >= 0.3 is 0 Å². The number of nitrogens with zero attached hydrogens (tertiary/aromatic N) is 3. The molecule has 1 aliphatic heterocycles. The molecule has 158 valence electrons. The first-order valence-electron chi connectivity index (χ1n) is 10.4. The molecule has 3 rings (SSSR count). The van der Waals surface area contributed by atoms with Crippen LogP contribution < -0.4 is 16.0 Å². The lowest BCUT2D eigenvalue weighted by Crippen LogP contribution is -2.47. The van der Waals surface area contributed by atoms with Crippen LogP contribution in [0.3, 0.4) is 0 Å². The van der Waals surface area contributed by atoms with Gasteiger partial charge in [-0.2, -0.15) is 0 Å². The average molecular weight is 501 g/mol. The summed E-state index contributed by atoms with van der Waals surface area (Å²) in [5, 5.41) is 3.13. The van der Waals surface area contributed by atoms with Gasteiger partial charge in [-0.15, -0.1) is 24.0 Å². The third-order valence-electron chi connectivity index (χ3n) is 5.29. The van der Waals surface area contributed by atoms with Crippen molar-refractivity contribution in [1.82, 2.24) is 10.2 Å². The van der Waals surface area contributed by atoms with Crippen molar-refractivity contribution in [2.45, 2.75) is 32.7 Å². The average Bonchev–Trinajstić information content (AvgIpc) is 3.51. The second-order valence-electron chi connectivity index (χ2n) is 7.58. The molecule has 6 nitrogen and oxygen atoms in total. The Labute approximate surface area is 186 Å². The summed E-state index contributed by atoms with van der Waals surface area (Å²) in [5.74, 6) is 1.49. The Bertz CT molecular complexity index is 583. The number of hydrogen-bond donors (Lipinski definition) is 2. The first-order chi connectivity index (χ1) is 13.2. The first-order valence-corrected chi connectivity index (χ1v) is 10.4. The topological polar surface area (TPSA) is 66.1 Å². The number of hydrogen-bond acceptors (Lipinski definition) is 4. The van der Waals surface area contributed by atoms with Crippen LogP contribution in [0.2, 0.25) is 0 Å². The predicted molar refractivity (Wildman–Crippen MR) is 128 cm³/mol. The fourth-order valence-corrected chi connectivity index (χ4v) is 3.43. The highest BCUT2D eigenvalue weighted by atomic mass is 127. The van der Waals surface area contributed by atoms with E-state index in [0.717, 1.165) is 45.2 Å². The van der Waals surface area contributed by atoms with Crippen LogP contribution in [0.1, 0.15) is 31.7 Å². The summed E-state index contributed by atoms with van der Waals surface area (Å²) in [5.41, 5.74) is 8.42. The summed E-state index contributed by atoms with van der Waals surface area (Å²) in [7, 11) is 0. The van der Waals surface area contributed by atoms with Gasteiger partial charge in [0, 0.05) is 58.2 Å². The molecule has 0 atom stereocenters. The molecule has 0 radical (unpaired) electrons. The van der Waals surface area contributed by atoms with Crippen LogP contribution in [0.5, 0.6) is 0 Å². The van der Waals surface area contributed by atoms with E-state index in [2.05, 4.69) is 44.4 Å². The van der Waals surface area contributed by atoms with Crippen molar-refractivity contribution in [3.05, 3.63) is 29.8 Å². The maximum Gasteiger partial charge on any atom is 0.188 e. The number of rotatable bonds is 10. The van der Waals surface area contributed by atoms with Gasteiger partial charge in [-0.05, 0) is 49.8 Å². The lowest BCUT2D eigenvalue weighted by Gasteiger charge is -2.36. The lowest BCUT2D eigenvalue weighted by molar-refractivity contribution is 0.145. The van der Waals surface area contributed by atoms with Gasteiger partial charge in [0.2, 0.25) is 0 Å². The highest BCUT2D eigenvalue weighted by Gasteiger charge is 2.26. The molecule has 0 aromatic heterocycles. The number of guanidine groups is 1. The summed E-state index contributed by atoms with van der Waals surface area (Å²) in [6.07, 6.45) is 3.82. The van der Waals surface area contributed by atoms with E-state index < -0.39 is 0 Å². The number of piperazine rings is 1. The van der Waals surface area contributed by atoms with Crippen LogP contribution in [-0.2, 0) is 11.3 Å². The van der Waals surface area contributed by atoms with Crippen molar-refractivity contribution >= 4 is 35.6 Å². The maximum absolute atomic E-state index is 5.92. The maximum atomic E-state index is 5.92. The SMILES string of the molecule is CCOCCCNC(N)=NCc1ccc(N2CCN(CC3CC3)CC2)cc1.I. The van der Waals surface area contributed by atoms with Gasteiger partial charge in [-0.1, -0.05) is 12.1 Å². The molecule has 28 heavy (non-hydrogen) atoms. The molecule has 2 aliphatic rings. The molecule has 1 saturated heterocycles. The molecule has 1 aromatic carbocycles. The number of ether oxygens (including phenoxy) is 1. The Hall–Kier alpha value is -1.06. The summed E-state index contributed by atoms with van der Waals surface area (Å²) < 4.78 is 5.30. The van der Waals surface area contributed by atoms with Crippen molar-refractivity contribution in [3.8, 4) is 0 Å². The Morgan fingerprint density at radius 2 is 1.89 bits per heavy atom. The van der Waals surface area contributed by atoms with E-state index in [1.54, 1.807) is 0 Å². The molecule has 0 spiro atoms. The first kappa shape index (κ1) is 23.2. The van der Waals surface area contributed by atoms with Gasteiger partial charge in [-0.25, -0.2) is 4.99 Å². The van der Waals surface area contributed by atoms with E-state index in [0.29, 0.717) is 12.5 Å². The van der Waals surface area contributed by atoms with Gasteiger partial charge < -0.3 is 20.7 Å². The van der Waals surface area contributed by atoms with E-state index in [9.17, 15) is 0 Å². The molecule has 3 N–H and O–H groups in total. The normalized spacial score (nSPS) is 18.0. The van der Waals surface area contributed by atoms with Crippen LogP contribution in [0, 0.1) is 5.92 Å². The lowest BCUT2D eigenvalue weighted by atomic mass is 10.1. The Balaban J connectivity index is 0.00000280.